The lowest BCUT2D eigenvalue weighted by Gasteiger charge is -2.13. The van der Waals surface area contributed by atoms with Crippen LogP contribution in [0.25, 0.3) is 15.7 Å². The van der Waals surface area contributed by atoms with Crippen molar-refractivity contribution in [1.29, 1.82) is 0 Å². The molecule has 0 atom stereocenters. The first-order valence-corrected chi connectivity index (χ1v) is 6.68. The lowest BCUT2D eigenvalue weighted by Crippen LogP contribution is -2.02. The fourth-order valence-corrected chi connectivity index (χ4v) is 3.19. The molecule has 0 N–H and O–H groups in total. The number of rotatable bonds is 1. The molecule has 0 radical (unpaired) electrons. The zero-order valence-corrected chi connectivity index (χ0v) is 10.2. The fraction of sp³-hybridized carbons (Fsp3) is 0.133. The molecule has 1 aliphatic rings. The summed E-state index contributed by atoms with van der Waals surface area (Å²) in [7, 11) is 0. The molecule has 17 heavy (non-hydrogen) atoms. The van der Waals surface area contributed by atoms with Gasteiger partial charge in [0.25, 0.3) is 0 Å². The Balaban J connectivity index is 2.20. The van der Waals surface area contributed by atoms with Gasteiger partial charge in [-0.15, -0.1) is 11.8 Å². The SMILES string of the molecule is O=C1C=C(c2cccc3ccccc23)SCC1. The number of carbonyl (C=O) groups is 1. The van der Waals surface area contributed by atoms with Gasteiger partial charge in [0.2, 0.25) is 0 Å². The lowest BCUT2D eigenvalue weighted by molar-refractivity contribution is -0.114. The minimum absolute atomic E-state index is 0.242. The Morgan fingerprint density at radius 3 is 2.71 bits per heavy atom. The van der Waals surface area contributed by atoms with E-state index in [2.05, 4.69) is 30.3 Å². The third-order valence-electron chi connectivity index (χ3n) is 2.95. The van der Waals surface area contributed by atoms with Crippen LogP contribution in [0.1, 0.15) is 12.0 Å². The first-order valence-electron chi connectivity index (χ1n) is 5.70. The predicted octanol–water partition coefficient (Wildman–Crippen LogP) is 3.89. The number of allylic oxidation sites excluding steroid dienone is 1. The maximum atomic E-state index is 11.5. The van der Waals surface area contributed by atoms with Crippen LogP contribution < -0.4 is 0 Å². The topological polar surface area (TPSA) is 17.1 Å². The standard InChI is InChI=1S/C15H12OS/c16-12-8-9-17-15(10-12)14-7-3-5-11-4-1-2-6-13(11)14/h1-7,10H,8-9H2. The molecule has 0 spiro atoms. The largest absolute Gasteiger partial charge is 0.295 e. The molecule has 2 aromatic carbocycles. The fourth-order valence-electron chi connectivity index (χ4n) is 2.12. The first kappa shape index (κ1) is 10.6. The van der Waals surface area contributed by atoms with Gasteiger partial charge in [-0.1, -0.05) is 42.5 Å². The summed E-state index contributed by atoms with van der Waals surface area (Å²) < 4.78 is 0. The molecular weight excluding hydrogens is 228 g/mol. The lowest BCUT2D eigenvalue weighted by atomic mass is 10.0. The van der Waals surface area contributed by atoms with E-state index in [1.54, 1.807) is 17.8 Å². The smallest absolute Gasteiger partial charge is 0.157 e. The van der Waals surface area contributed by atoms with Crippen LogP contribution in [0.5, 0.6) is 0 Å². The van der Waals surface area contributed by atoms with Crippen LogP contribution in [0.3, 0.4) is 0 Å². The summed E-state index contributed by atoms with van der Waals surface area (Å²) in [5, 5.41) is 2.45. The predicted molar refractivity (Wildman–Crippen MR) is 74.0 cm³/mol. The summed E-state index contributed by atoms with van der Waals surface area (Å²) in [5.74, 6) is 1.14. The molecule has 1 heterocycles. The molecule has 3 rings (SSSR count). The van der Waals surface area contributed by atoms with E-state index in [9.17, 15) is 4.79 Å². The Kier molecular flexibility index (Phi) is 2.73. The normalized spacial score (nSPS) is 16.0. The van der Waals surface area contributed by atoms with Crippen LogP contribution in [0.15, 0.2) is 48.5 Å². The van der Waals surface area contributed by atoms with E-state index in [-0.39, 0.29) is 5.78 Å². The molecule has 0 bridgehead atoms. The van der Waals surface area contributed by atoms with Crippen LogP contribution in [-0.4, -0.2) is 11.5 Å². The van der Waals surface area contributed by atoms with Crippen LogP contribution in [-0.2, 0) is 4.79 Å². The number of fused-ring (bicyclic) bond motifs is 1. The van der Waals surface area contributed by atoms with Crippen molar-refractivity contribution in [2.24, 2.45) is 0 Å². The van der Waals surface area contributed by atoms with E-state index in [1.807, 2.05) is 12.1 Å². The van der Waals surface area contributed by atoms with Crippen LogP contribution in [0.2, 0.25) is 0 Å². The van der Waals surface area contributed by atoms with Gasteiger partial charge in [0.15, 0.2) is 5.78 Å². The quantitative estimate of drug-likeness (QED) is 0.752. The molecule has 0 unspecified atom stereocenters. The molecule has 2 aromatic rings. The zero-order chi connectivity index (χ0) is 11.7. The van der Waals surface area contributed by atoms with Gasteiger partial charge in [-0.2, -0.15) is 0 Å². The Hall–Kier alpha value is -1.54. The van der Waals surface area contributed by atoms with E-state index >= 15 is 0 Å². The Morgan fingerprint density at radius 2 is 1.82 bits per heavy atom. The molecule has 0 aromatic heterocycles. The highest BCUT2D eigenvalue weighted by molar-refractivity contribution is 8.08. The van der Waals surface area contributed by atoms with Crippen LogP contribution in [0, 0.1) is 0 Å². The molecule has 1 aliphatic heterocycles. The molecule has 0 fully saturated rings. The van der Waals surface area contributed by atoms with Gasteiger partial charge < -0.3 is 0 Å². The van der Waals surface area contributed by atoms with E-state index in [0.29, 0.717) is 6.42 Å². The molecule has 0 amide bonds. The van der Waals surface area contributed by atoms with Crippen molar-refractivity contribution in [3.8, 4) is 0 Å². The zero-order valence-electron chi connectivity index (χ0n) is 9.35. The second-order valence-electron chi connectivity index (χ2n) is 4.10. The van der Waals surface area contributed by atoms with Crippen LogP contribution >= 0.6 is 11.8 Å². The van der Waals surface area contributed by atoms with E-state index in [0.717, 1.165) is 10.7 Å². The second kappa shape index (κ2) is 4.38. The van der Waals surface area contributed by atoms with Gasteiger partial charge in [0.1, 0.15) is 0 Å². The highest BCUT2D eigenvalue weighted by Gasteiger charge is 2.13. The number of benzene rings is 2. The van der Waals surface area contributed by atoms with Gasteiger partial charge >= 0.3 is 0 Å². The molecule has 2 heteroatoms. The highest BCUT2D eigenvalue weighted by atomic mass is 32.2. The average molecular weight is 240 g/mol. The number of hydrogen-bond acceptors (Lipinski definition) is 2. The third-order valence-corrected chi connectivity index (χ3v) is 4.01. The van der Waals surface area contributed by atoms with Gasteiger partial charge in [0.05, 0.1) is 0 Å². The van der Waals surface area contributed by atoms with E-state index in [4.69, 9.17) is 0 Å². The van der Waals surface area contributed by atoms with E-state index in [1.165, 1.54) is 16.3 Å². The highest BCUT2D eigenvalue weighted by Crippen LogP contribution is 2.35. The van der Waals surface area contributed by atoms with Gasteiger partial charge in [-0.05, 0) is 22.4 Å². The Morgan fingerprint density at radius 1 is 1.00 bits per heavy atom. The average Bonchev–Trinajstić information content (AvgIpc) is 2.38. The molecule has 0 saturated carbocycles. The maximum absolute atomic E-state index is 11.5. The summed E-state index contributed by atoms with van der Waals surface area (Å²) in [6.07, 6.45) is 2.45. The van der Waals surface area contributed by atoms with Gasteiger partial charge in [-0.25, -0.2) is 0 Å². The van der Waals surface area contributed by atoms with Crippen molar-refractivity contribution < 1.29 is 4.79 Å². The number of hydrogen-bond donors (Lipinski definition) is 0. The molecule has 84 valence electrons. The van der Waals surface area contributed by atoms with Crippen molar-refractivity contribution in [3.63, 3.8) is 0 Å². The number of carbonyl (C=O) groups excluding carboxylic acids is 1. The molecule has 1 nitrogen and oxygen atoms in total. The van der Waals surface area contributed by atoms with Crippen molar-refractivity contribution in [1.82, 2.24) is 0 Å². The van der Waals surface area contributed by atoms with Gasteiger partial charge in [-0.3, -0.25) is 4.79 Å². The minimum Gasteiger partial charge on any atom is -0.295 e. The van der Waals surface area contributed by atoms with Crippen molar-refractivity contribution in [2.75, 3.05) is 5.75 Å². The first-order chi connectivity index (χ1) is 8.34. The molecular formula is C15H12OS. The van der Waals surface area contributed by atoms with Crippen molar-refractivity contribution in [3.05, 3.63) is 54.1 Å². The number of thioether (sulfide) groups is 1. The summed E-state index contributed by atoms with van der Waals surface area (Å²) in [6, 6.07) is 14.6. The Labute approximate surface area is 105 Å². The molecule has 0 aliphatic carbocycles. The van der Waals surface area contributed by atoms with Crippen molar-refractivity contribution in [2.45, 2.75) is 6.42 Å². The molecule has 0 saturated heterocycles. The summed E-state index contributed by atoms with van der Waals surface area (Å²) in [4.78, 5) is 12.6. The monoisotopic (exact) mass is 240 g/mol. The second-order valence-corrected chi connectivity index (χ2v) is 5.24. The minimum atomic E-state index is 0.242. The van der Waals surface area contributed by atoms with E-state index < -0.39 is 0 Å². The van der Waals surface area contributed by atoms with Gasteiger partial charge in [0, 0.05) is 17.1 Å². The summed E-state index contributed by atoms with van der Waals surface area (Å²) >= 11 is 1.78. The summed E-state index contributed by atoms with van der Waals surface area (Å²) in [5.41, 5.74) is 1.18. The third kappa shape index (κ3) is 2.01. The summed E-state index contributed by atoms with van der Waals surface area (Å²) in [6.45, 7) is 0. The Bertz CT molecular complexity index is 608. The van der Waals surface area contributed by atoms with Crippen LogP contribution in [0.4, 0.5) is 0 Å². The maximum Gasteiger partial charge on any atom is 0.157 e. The van der Waals surface area contributed by atoms with Crippen molar-refractivity contribution >= 4 is 33.2 Å². The number of ketones is 1.